The largest absolute Gasteiger partial charge is 0.550 e. The Morgan fingerprint density at radius 1 is 0.760 bits per heavy atom. The molecule has 0 bridgehead atoms. The molecule has 0 aromatic heterocycles. The highest BCUT2D eigenvalue weighted by Gasteiger charge is 2.24. The second-order valence-corrected chi connectivity index (χ2v) is 7.74. The number of nitrogens with zero attached hydrogens (tertiary/aromatic N) is 1. The Kier molecular flexibility index (Phi) is 19.4. The SMILES string of the molecule is CCC(C)CC(=O)[O-].CCCC[N+](CCCC)(CCCC)CCCC. The zero-order valence-corrected chi connectivity index (χ0v) is 18.2. The molecule has 0 aliphatic heterocycles. The minimum Gasteiger partial charge on any atom is -0.550 e. The van der Waals surface area contributed by atoms with Crippen LogP contribution in [0.1, 0.15) is 106 Å². The first-order valence-corrected chi connectivity index (χ1v) is 11.0. The van der Waals surface area contributed by atoms with Crippen LogP contribution in [0.15, 0.2) is 0 Å². The smallest absolute Gasteiger partial charge is 0.0786 e. The maximum Gasteiger partial charge on any atom is 0.0786 e. The molecular weight excluding hydrogens is 310 g/mol. The van der Waals surface area contributed by atoms with E-state index < -0.39 is 5.97 Å². The molecule has 1 unspecified atom stereocenters. The molecule has 0 aliphatic rings. The van der Waals surface area contributed by atoms with E-state index in [9.17, 15) is 9.90 Å². The van der Waals surface area contributed by atoms with Crippen LogP contribution in [-0.4, -0.2) is 36.6 Å². The predicted molar refractivity (Wildman–Crippen MR) is 108 cm³/mol. The molecule has 0 N–H and O–H groups in total. The molecule has 152 valence electrons. The van der Waals surface area contributed by atoms with Crippen LogP contribution < -0.4 is 5.11 Å². The number of carboxylic acid groups (broad SMARTS) is 1. The maximum absolute atomic E-state index is 9.86. The lowest BCUT2D eigenvalue weighted by Gasteiger charge is -2.39. The summed E-state index contributed by atoms with van der Waals surface area (Å²) in [7, 11) is 0. The van der Waals surface area contributed by atoms with Crippen molar-refractivity contribution in [3.05, 3.63) is 0 Å². The summed E-state index contributed by atoms with van der Waals surface area (Å²) in [5.74, 6) is -0.681. The number of carboxylic acids is 1. The molecule has 0 saturated carbocycles. The zero-order valence-electron chi connectivity index (χ0n) is 18.2. The Balaban J connectivity index is 0. The van der Waals surface area contributed by atoms with Crippen LogP contribution in [0.3, 0.4) is 0 Å². The van der Waals surface area contributed by atoms with Crippen LogP contribution in [0.5, 0.6) is 0 Å². The molecule has 0 saturated heterocycles. The predicted octanol–water partition coefficient (Wildman–Crippen LogP) is 5.18. The Morgan fingerprint density at radius 3 is 1.24 bits per heavy atom. The van der Waals surface area contributed by atoms with E-state index in [2.05, 4.69) is 27.7 Å². The van der Waals surface area contributed by atoms with Crippen molar-refractivity contribution in [3.63, 3.8) is 0 Å². The standard InChI is InChI=1S/C16H36N.C6H12O2/c1-5-9-13-17(14-10-6-2,15-11-7-3)16-12-8-4;1-3-5(2)4-6(7)8/h5-16H2,1-4H3;5H,3-4H2,1-2H3,(H,7,8)/q+1;/p-1. The Labute approximate surface area is 158 Å². The van der Waals surface area contributed by atoms with Gasteiger partial charge in [-0.2, -0.15) is 0 Å². The number of carbonyl (C=O) groups excluding carboxylic acids is 1. The van der Waals surface area contributed by atoms with Gasteiger partial charge < -0.3 is 14.4 Å². The van der Waals surface area contributed by atoms with E-state index in [-0.39, 0.29) is 12.3 Å². The van der Waals surface area contributed by atoms with Gasteiger partial charge in [0.05, 0.1) is 26.2 Å². The number of hydrogen-bond acceptors (Lipinski definition) is 2. The van der Waals surface area contributed by atoms with Gasteiger partial charge in [0.1, 0.15) is 0 Å². The van der Waals surface area contributed by atoms with E-state index in [1.165, 1.54) is 82.0 Å². The highest BCUT2D eigenvalue weighted by Crippen LogP contribution is 2.16. The lowest BCUT2D eigenvalue weighted by molar-refractivity contribution is -0.929. The van der Waals surface area contributed by atoms with Gasteiger partial charge in [-0.3, -0.25) is 0 Å². The Bertz CT molecular complexity index is 254. The van der Waals surface area contributed by atoms with Gasteiger partial charge in [-0.1, -0.05) is 73.6 Å². The van der Waals surface area contributed by atoms with E-state index in [1.54, 1.807) is 0 Å². The van der Waals surface area contributed by atoms with Crippen molar-refractivity contribution in [2.24, 2.45) is 5.92 Å². The molecule has 0 rings (SSSR count). The van der Waals surface area contributed by atoms with Crippen LogP contribution >= 0.6 is 0 Å². The first kappa shape index (κ1) is 26.7. The minimum atomic E-state index is -0.945. The van der Waals surface area contributed by atoms with Crippen molar-refractivity contribution in [2.45, 2.75) is 106 Å². The number of carbonyl (C=O) groups is 1. The summed E-state index contributed by atoms with van der Waals surface area (Å²) in [6.45, 7) is 18.9. The molecule has 0 aromatic rings. The molecular formula is C22H47NO2. The maximum atomic E-state index is 9.86. The number of hydrogen-bond donors (Lipinski definition) is 0. The number of aliphatic carboxylic acids is 1. The monoisotopic (exact) mass is 357 g/mol. The van der Waals surface area contributed by atoms with Gasteiger partial charge in [0.25, 0.3) is 0 Å². The first-order chi connectivity index (χ1) is 11.9. The molecule has 0 aliphatic carbocycles. The van der Waals surface area contributed by atoms with Crippen molar-refractivity contribution in [2.75, 3.05) is 26.2 Å². The molecule has 0 amide bonds. The van der Waals surface area contributed by atoms with Crippen molar-refractivity contribution in [1.29, 1.82) is 0 Å². The van der Waals surface area contributed by atoms with Crippen LogP contribution in [0.4, 0.5) is 0 Å². The fraction of sp³-hybridized carbons (Fsp3) is 0.955. The molecule has 3 nitrogen and oxygen atoms in total. The topological polar surface area (TPSA) is 40.1 Å². The van der Waals surface area contributed by atoms with Gasteiger partial charge in [0, 0.05) is 5.97 Å². The summed E-state index contributed by atoms with van der Waals surface area (Å²) in [4.78, 5) is 9.86. The van der Waals surface area contributed by atoms with E-state index in [4.69, 9.17) is 0 Å². The van der Waals surface area contributed by atoms with Crippen molar-refractivity contribution in [3.8, 4) is 0 Å². The lowest BCUT2D eigenvalue weighted by Crippen LogP contribution is -2.50. The highest BCUT2D eigenvalue weighted by molar-refractivity contribution is 5.64. The molecule has 0 aromatic carbocycles. The van der Waals surface area contributed by atoms with Crippen molar-refractivity contribution >= 4 is 5.97 Å². The third kappa shape index (κ3) is 16.6. The Hall–Kier alpha value is -0.570. The second kappa shape index (κ2) is 18.2. The van der Waals surface area contributed by atoms with E-state index in [0.29, 0.717) is 0 Å². The second-order valence-electron chi connectivity index (χ2n) is 7.74. The summed E-state index contributed by atoms with van der Waals surface area (Å²) in [6.07, 6.45) is 12.2. The number of rotatable bonds is 15. The summed E-state index contributed by atoms with van der Waals surface area (Å²) >= 11 is 0. The average molecular weight is 358 g/mol. The lowest BCUT2D eigenvalue weighted by atomic mass is 10.1. The summed E-state index contributed by atoms with van der Waals surface area (Å²) < 4.78 is 1.42. The third-order valence-electron chi connectivity index (χ3n) is 5.16. The van der Waals surface area contributed by atoms with Crippen LogP contribution in [0.25, 0.3) is 0 Å². The van der Waals surface area contributed by atoms with Crippen molar-refractivity contribution in [1.82, 2.24) is 0 Å². The summed E-state index contributed by atoms with van der Waals surface area (Å²) in [6, 6.07) is 0. The minimum absolute atomic E-state index is 0.191. The molecule has 25 heavy (non-hydrogen) atoms. The molecule has 1 atom stereocenters. The average Bonchev–Trinajstić information content (AvgIpc) is 2.60. The number of unbranched alkanes of at least 4 members (excludes halogenated alkanes) is 4. The van der Waals surface area contributed by atoms with Crippen LogP contribution in [0, 0.1) is 5.92 Å². The molecule has 0 radical (unpaired) electrons. The van der Waals surface area contributed by atoms with Gasteiger partial charge in [0.2, 0.25) is 0 Å². The summed E-state index contributed by atoms with van der Waals surface area (Å²) in [5, 5.41) is 9.86. The molecule has 0 heterocycles. The van der Waals surface area contributed by atoms with Crippen LogP contribution in [-0.2, 0) is 4.79 Å². The normalized spacial score (nSPS) is 12.4. The van der Waals surface area contributed by atoms with E-state index in [1.807, 2.05) is 13.8 Å². The number of quaternary nitrogens is 1. The highest BCUT2D eigenvalue weighted by atomic mass is 16.4. The van der Waals surface area contributed by atoms with E-state index >= 15 is 0 Å². The quantitative estimate of drug-likeness (QED) is 0.379. The fourth-order valence-electron chi connectivity index (χ4n) is 3.07. The van der Waals surface area contributed by atoms with Gasteiger partial charge in [0.15, 0.2) is 0 Å². The fourth-order valence-corrected chi connectivity index (χ4v) is 3.07. The first-order valence-electron chi connectivity index (χ1n) is 11.0. The van der Waals surface area contributed by atoms with Crippen molar-refractivity contribution < 1.29 is 14.4 Å². The third-order valence-corrected chi connectivity index (χ3v) is 5.16. The Morgan fingerprint density at radius 2 is 1.08 bits per heavy atom. The van der Waals surface area contributed by atoms with Crippen LogP contribution in [0.2, 0.25) is 0 Å². The molecule has 0 spiro atoms. The summed E-state index contributed by atoms with van der Waals surface area (Å²) in [5.41, 5.74) is 0. The van der Waals surface area contributed by atoms with Gasteiger partial charge >= 0.3 is 0 Å². The molecule has 0 fully saturated rings. The molecule has 3 heteroatoms. The van der Waals surface area contributed by atoms with Gasteiger partial charge in [-0.05, 0) is 38.0 Å². The van der Waals surface area contributed by atoms with Gasteiger partial charge in [-0.15, -0.1) is 0 Å². The zero-order chi connectivity index (χ0) is 19.6. The van der Waals surface area contributed by atoms with E-state index in [0.717, 1.165) is 6.42 Å². The van der Waals surface area contributed by atoms with Gasteiger partial charge in [-0.25, -0.2) is 0 Å².